The van der Waals surface area contributed by atoms with Gasteiger partial charge in [0.05, 0.1) is 0 Å². The van der Waals surface area contributed by atoms with Crippen molar-refractivity contribution in [1.29, 1.82) is 0 Å². The molecule has 0 radical (unpaired) electrons. The number of nitrogens with one attached hydrogen (secondary N) is 1. The molecule has 0 aliphatic carbocycles. The Kier molecular flexibility index (Phi) is 3.25. The number of aromatic nitrogens is 1. The van der Waals surface area contributed by atoms with Crippen LogP contribution in [0.15, 0.2) is 12.1 Å². The molecule has 92 valence electrons. The van der Waals surface area contributed by atoms with Gasteiger partial charge in [-0.05, 0) is 49.9 Å². The lowest BCUT2D eigenvalue weighted by atomic mass is 9.99. The number of hydrogen-bond donors (Lipinski definition) is 2. The van der Waals surface area contributed by atoms with E-state index >= 15 is 0 Å². The van der Waals surface area contributed by atoms with Crippen LogP contribution in [0.5, 0.6) is 0 Å². The van der Waals surface area contributed by atoms with E-state index < -0.39 is 0 Å². The molecule has 1 aromatic heterocycles. The minimum atomic E-state index is 0.517. The Hall–Kier alpha value is -1.28. The molecule has 0 fully saturated rings. The van der Waals surface area contributed by atoms with Crippen LogP contribution in [-0.4, -0.2) is 11.5 Å². The number of fused-ring (bicyclic) bond motifs is 1. The van der Waals surface area contributed by atoms with Gasteiger partial charge in [0.15, 0.2) is 0 Å². The minimum absolute atomic E-state index is 0.517. The van der Waals surface area contributed by atoms with Crippen molar-refractivity contribution in [1.82, 2.24) is 4.98 Å². The van der Waals surface area contributed by atoms with Crippen molar-refractivity contribution in [2.75, 3.05) is 6.54 Å². The molecule has 1 aromatic carbocycles. The van der Waals surface area contributed by atoms with Crippen molar-refractivity contribution in [3.63, 3.8) is 0 Å². The van der Waals surface area contributed by atoms with Crippen LogP contribution in [0, 0.1) is 13.8 Å². The second kappa shape index (κ2) is 4.53. The first-order valence-corrected chi connectivity index (χ1v) is 6.36. The molecule has 0 spiro atoms. The third-order valence-corrected chi connectivity index (χ3v) is 3.36. The zero-order valence-electron chi connectivity index (χ0n) is 11.2. The highest BCUT2D eigenvalue weighted by molar-refractivity contribution is 5.88. The SMILES string of the molecule is Cc1cc(C)c2[nH]c(C(C)C)c(CCN)c2c1. The van der Waals surface area contributed by atoms with E-state index in [0.29, 0.717) is 12.5 Å². The van der Waals surface area contributed by atoms with Gasteiger partial charge in [0, 0.05) is 16.6 Å². The zero-order chi connectivity index (χ0) is 12.6. The average molecular weight is 230 g/mol. The lowest BCUT2D eigenvalue weighted by Crippen LogP contribution is -2.05. The van der Waals surface area contributed by atoms with Crippen LogP contribution < -0.4 is 5.73 Å². The molecule has 0 saturated carbocycles. The second-order valence-corrected chi connectivity index (χ2v) is 5.21. The maximum atomic E-state index is 5.74. The first-order chi connectivity index (χ1) is 8.04. The van der Waals surface area contributed by atoms with Gasteiger partial charge in [0.2, 0.25) is 0 Å². The number of aromatic amines is 1. The molecule has 0 aliphatic rings. The van der Waals surface area contributed by atoms with Crippen LogP contribution in [0.1, 0.15) is 42.1 Å². The molecular weight excluding hydrogens is 208 g/mol. The maximum absolute atomic E-state index is 5.74. The van der Waals surface area contributed by atoms with Crippen LogP contribution in [0.2, 0.25) is 0 Å². The Morgan fingerprint density at radius 1 is 1.24 bits per heavy atom. The summed E-state index contributed by atoms with van der Waals surface area (Å²) in [6, 6.07) is 4.50. The van der Waals surface area contributed by atoms with Crippen LogP contribution in [0.3, 0.4) is 0 Å². The molecule has 0 amide bonds. The number of benzene rings is 1. The molecule has 2 heteroatoms. The summed E-state index contributed by atoms with van der Waals surface area (Å²) in [5, 5.41) is 1.36. The molecule has 0 atom stereocenters. The van der Waals surface area contributed by atoms with E-state index in [4.69, 9.17) is 5.73 Å². The van der Waals surface area contributed by atoms with Gasteiger partial charge in [-0.2, -0.15) is 0 Å². The van der Waals surface area contributed by atoms with Gasteiger partial charge >= 0.3 is 0 Å². The summed E-state index contributed by atoms with van der Waals surface area (Å²) in [4.78, 5) is 3.59. The fraction of sp³-hybridized carbons (Fsp3) is 0.467. The fourth-order valence-electron chi connectivity index (χ4n) is 2.63. The predicted octanol–water partition coefficient (Wildman–Crippen LogP) is 3.41. The average Bonchev–Trinajstić information content (AvgIpc) is 2.58. The van der Waals surface area contributed by atoms with Crippen molar-refractivity contribution in [3.8, 4) is 0 Å². The fourth-order valence-corrected chi connectivity index (χ4v) is 2.63. The second-order valence-electron chi connectivity index (χ2n) is 5.21. The van der Waals surface area contributed by atoms with Crippen LogP contribution in [0.4, 0.5) is 0 Å². The largest absolute Gasteiger partial charge is 0.358 e. The quantitative estimate of drug-likeness (QED) is 0.833. The van der Waals surface area contributed by atoms with Gasteiger partial charge in [0.25, 0.3) is 0 Å². The first kappa shape index (κ1) is 12.2. The summed E-state index contributed by atoms with van der Waals surface area (Å²) in [6.07, 6.45) is 0.955. The smallest absolute Gasteiger partial charge is 0.0488 e. The van der Waals surface area contributed by atoms with E-state index in [1.807, 2.05) is 0 Å². The molecule has 2 nitrogen and oxygen atoms in total. The van der Waals surface area contributed by atoms with Gasteiger partial charge in [-0.15, -0.1) is 0 Å². The van der Waals surface area contributed by atoms with Gasteiger partial charge < -0.3 is 10.7 Å². The summed E-state index contributed by atoms with van der Waals surface area (Å²) in [5.41, 5.74) is 12.4. The Morgan fingerprint density at radius 2 is 1.94 bits per heavy atom. The highest BCUT2D eigenvalue weighted by atomic mass is 14.7. The van der Waals surface area contributed by atoms with Gasteiger partial charge in [-0.25, -0.2) is 0 Å². The number of nitrogens with two attached hydrogens (primary N) is 1. The van der Waals surface area contributed by atoms with Crippen LogP contribution in [0.25, 0.3) is 10.9 Å². The summed E-state index contributed by atoms with van der Waals surface area (Å²) < 4.78 is 0. The molecule has 3 N–H and O–H groups in total. The molecule has 0 bridgehead atoms. The van der Waals surface area contributed by atoms with Crippen molar-refractivity contribution < 1.29 is 0 Å². The molecule has 17 heavy (non-hydrogen) atoms. The first-order valence-electron chi connectivity index (χ1n) is 6.36. The maximum Gasteiger partial charge on any atom is 0.0488 e. The molecule has 0 saturated heterocycles. The Labute approximate surface area is 103 Å². The topological polar surface area (TPSA) is 41.8 Å². The summed E-state index contributed by atoms with van der Waals surface area (Å²) in [7, 11) is 0. The van der Waals surface area contributed by atoms with E-state index in [-0.39, 0.29) is 0 Å². The lowest BCUT2D eigenvalue weighted by Gasteiger charge is -2.06. The van der Waals surface area contributed by atoms with Gasteiger partial charge in [0.1, 0.15) is 0 Å². The lowest BCUT2D eigenvalue weighted by molar-refractivity contribution is 0.809. The third-order valence-electron chi connectivity index (χ3n) is 3.36. The number of aryl methyl sites for hydroxylation is 2. The van der Waals surface area contributed by atoms with E-state index in [9.17, 15) is 0 Å². The van der Waals surface area contributed by atoms with E-state index in [2.05, 4.69) is 44.8 Å². The molecule has 1 heterocycles. The summed E-state index contributed by atoms with van der Waals surface area (Å²) >= 11 is 0. The highest BCUT2D eigenvalue weighted by Gasteiger charge is 2.14. The molecule has 0 unspecified atom stereocenters. The normalized spacial score (nSPS) is 11.6. The molecule has 0 aliphatic heterocycles. The van der Waals surface area contributed by atoms with E-state index in [1.54, 1.807) is 0 Å². The van der Waals surface area contributed by atoms with Crippen molar-refractivity contribution in [2.24, 2.45) is 5.73 Å². The molecule has 2 rings (SSSR count). The van der Waals surface area contributed by atoms with Crippen LogP contribution in [-0.2, 0) is 6.42 Å². The Bertz CT molecular complexity index is 535. The van der Waals surface area contributed by atoms with Gasteiger partial charge in [-0.1, -0.05) is 25.5 Å². The standard InChI is InChI=1S/C15H22N2/c1-9(2)14-12(5-6-16)13-8-10(3)7-11(4)15(13)17-14/h7-9,17H,5-6,16H2,1-4H3. The number of H-pyrrole nitrogens is 1. The van der Waals surface area contributed by atoms with E-state index in [1.165, 1.54) is 33.3 Å². The third kappa shape index (κ3) is 2.09. The molecular formula is C15H22N2. The highest BCUT2D eigenvalue weighted by Crippen LogP contribution is 2.30. The Balaban J connectivity index is 2.75. The monoisotopic (exact) mass is 230 g/mol. The summed E-state index contributed by atoms with van der Waals surface area (Å²) in [6.45, 7) is 9.49. The Morgan fingerprint density at radius 3 is 2.53 bits per heavy atom. The molecule has 2 aromatic rings. The summed E-state index contributed by atoms with van der Waals surface area (Å²) in [5.74, 6) is 0.517. The van der Waals surface area contributed by atoms with Crippen molar-refractivity contribution >= 4 is 10.9 Å². The van der Waals surface area contributed by atoms with Crippen LogP contribution >= 0.6 is 0 Å². The van der Waals surface area contributed by atoms with E-state index in [0.717, 1.165) is 6.42 Å². The minimum Gasteiger partial charge on any atom is -0.358 e. The van der Waals surface area contributed by atoms with Crippen molar-refractivity contribution in [3.05, 3.63) is 34.5 Å². The van der Waals surface area contributed by atoms with Crippen molar-refractivity contribution in [2.45, 2.75) is 40.0 Å². The number of rotatable bonds is 3. The zero-order valence-corrected chi connectivity index (χ0v) is 11.2. The number of hydrogen-bond acceptors (Lipinski definition) is 1. The predicted molar refractivity (Wildman–Crippen MR) is 74.6 cm³/mol. The van der Waals surface area contributed by atoms with Gasteiger partial charge in [-0.3, -0.25) is 0 Å².